The Hall–Kier alpha value is -3.84. The zero-order valence-electron chi connectivity index (χ0n) is 19.2. The molecule has 34 heavy (non-hydrogen) atoms. The third-order valence-corrected chi connectivity index (χ3v) is 5.02. The van der Waals surface area contributed by atoms with Gasteiger partial charge in [-0.25, -0.2) is 5.43 Å². The van der Waals surface area contributed by atoms with Crippen LogP contribution in [-0.2, 0) is 4.79 Å². The van der Waals surface area contributed by atoms with Crippen LogP contribution in [0, 0.1) is 13.8 Å². The Kier molecular flexibility index (Phi) is 8.65. The lowest BCUT2D eigenvalue weighted by molar-refractivity contribution is -0.118. The number of ether oxygens (including phenoxy) is 2. The smallest absolute Gasteiger partial charge is 0.271 e. The molecule has 0 fully saturated rings. The quantitative estimate of drug-likeness (QED) is 0.328. The van der Waals surface area contributed by atoms with E-state index >= 15 is 0 Å². The largest absolute Gasteiger partial charge is 0.490 e. The first-order valence-electron chi connectivity index (χ1n) is 10.7. The molecule has 176 valence electrons. The fraction of sp³-hybridized carbons (Fsp3) is 0.192. The topological polar surface area (TPSA) is 89.0 Å². The average Bonchev–Trinajstić information content (AvgIpc) is 2.81. The van der Waals surface area contributed by atoms with Gasteiger partial charge >= 0.3 is 0 Å². The number of halogens is 1. The molecule has 2 amide bonds. The molecule has 0 aliphatic heterocycles. The summed E-state index contributed by atoms with van der Waals surface area (Å²) >= 11 is 5.84. The Labute approximate surface area is 203 Å². The Morgan fingerprint density at radius 3 is 2.44 bits per heavy atom. The van der Waals surface area contributed by atoms with Crippen LogP contribution in [0.15, 0.2) is 65.8 Å². The van der Waals surface area contributed by atoms with Crippen molar-refractivity contribution in [2.75, 3.05) is 18.5 Å². The zero-order valence-corrected chi connectivity index (χ0v) is 20.0. The lowest BCUT2D eigenvalue weighted by atomic mass is 10.1. The first-order chi connectivity index (χ1) is 16.4. The minimum absolute atomic E-state index is 0.169. The highest BCUT2D eigenvalue weighted by molar-refractivity contribution is 6.30. The average molecular weight is 480 g/mol. The van der Waals surface area contributed by atoms with Crippen molar-refractivity contribution in [2.24, 2.45) is 5.10 Å². The van der Waals surface area contributed by atoms with E-state index in [9.17, 15) is 9.59 Å². The first-order valence-corrected chi connectivity index (χ1v) is 11.1. The van der Waals surface area contributed by atoms with Gasteiger partial charge < -0.3 is 14.8 Å². The summed E-state index contributed by atoms with van der Waals surface area (Å²) in [5.41, 5.74) is 6.45. The van der Waals surface area contributed by atoms with E-state index in [0.29, 0.717) is 34.3 Å². The van der Waals surface area contributed by atoms with Gasteiger partial charge in [0.25, 0.3) is 11.8 Å². The molecule has 0 atom stereocenters. The lowest BCUT2D eigenvalue weighted by Gasteiger charge is -2.13. The molecule has 0 aliphatic carbocycles. The van der Waals surface area contributed by atoms with Crippen LogP contribution in [0.4, 0.5) is 5.69 Å². The third kappa shape index (κ3) is 7.08. The SMILES string of the molecule is CCOc1cc(/C=N/NC(=O)c2ccc(Cl)cc2)ccc1OCC(=O)Nc1ccc(C)cc1C. The van der Waals surface area contributed by atoms with Crippen molar-refractivity contribution in [2.45, 2.75) is 20.8 Å². The summed E-state index contributed by atoms with van der Waals surface area (Å²) in [6.07, 6.45) is 1.49. The normalized spacial score (nSPS) is 10.7. The summed E-state index contributed by atoms with van der Waals surface area (Å²) in [6.45, 7) is 6.04. The number of amides is 2. The Balaban J connectivity index is 1.60. The predicted molar refractivity (Wildman–Crippen MR) is 134 cm³/mol. The monoisotopic (exact) mass is 479 g/mol. The van der Waals surface area contributed by atoms with E-state index in [-0.39, 0.29) is 18.4 Å². The van der Waals surface area contributed by atoms with Gasteiger partial charge in [-0.15, -0.1) is 0 Å². The molecule has 0 spiro atoms. The van der Waals surface area contributed by atoms with E-state index in [0.717, 1.165) is 16.8 Å². The summed E-state index contributed by atoms with van der Waals surface area (Å²) in [7, 11) is 0. The van der Waals surface area contributed by atoms with Crippen LogP contribution in [0.2, 0.25) is 5.02 Å². The van der Waals surface area contributed by atoms with Crippen LogP contribution in [0.1, 0.15) is 34.0 Å². The maximum Gasteiger partial charge on any atom is 0.271 e. The van der Waals surface area contributed by atoms with Gasteiger partial charge in [-0.2, -0.15) is 5.10 Å². The molecular weight excluding hydrogens is 454 g/mol. The predicted octanol–water partition coefficient (Wildman–Crippen LogP) is 5.14. The Morgan fingerprint density at radius 2 is 1.74 bits per heavy atom. The molecule has 8 heteroatoms. The van der Waals surface area contributed by atoms with Crippen molar-refractivity contribution in [3.8, 4) is 11.5 Å². The number of rotatable bonds is 9. The van der Waals surface area contributed by atoms with Crippen LogP contribution >= 0.6 is 11.6 Å². The molecule has 3 aromatic carbocycles. The van der Waals surface area contributed by atoms with E-state index in [4.69, 9.17) is 21.1 Å². The molecule has 0 radical (unpaired) electrons. The van der Waals surface area contributed by atoms with Crippen molar-refractivity contribution >= 4 is 35.3 Å². The fourth-order valence-electron chi connectivity index (χ4n) is 3.11. The number of carbonyl (C=O) groups is 2. The number of nitrogens with zero attached hydrogens (tertiary/aromatic N) is 1. The molecule has 3 aromatic rings. The second-order valence-corrected chi connectivity index (χ2v) is 7.94. The second-order valence-electron chi connectivity index (χ2n) is 7.50. The molecule has 0 saturated heterocycles. The van der Waals surface area contributed by atoms with Crippen molar-refractivity contribution in [3.05, 3.63) is 87.9 Å². The minimum Gasteiger partial charge on any atom is -0.490 e. The van der Waals surface area contributed by atoms with E-state index < -0.39 is 0 Å². The van der Waals surface area contributed by atoms with Gasteiger partial charge in [0.1, 0.15) is 0 Å². The van der Waals surface area contributed by atoms with Crippen molar-refractivity contribution in [3.63, 3.8) is 0 Å². The van der Waals surface area contributed by atoms with Crippen LogP contribution in [0.25, 0.3) is 0 Å². The van der Waals surface area contributed by atoms with Gasteiger partial charge in [-0.05, 0) is 80.4 Å². The van der Waals surface area contributed by atoms with Gasteiger partial charge in [-0.3, -0.25) is 9.59 Å². The van der Waals surface area contributed by atoms with Gasteiger partial charge in [0.15, 0.2) is 18.1 Å². The Morgan fingerprint density at radius 1 is 0.971 bits per heavy atom. The summed E-state index contributed by atoms with van der Waals surface area (Å²) in [4.78, 5) is 24.5. The number of anilines is 1. The molecule has 0 bridgehead atoms. The standard InChI is InChI=1S/C26H26ClN3O4/c1-4-33-24-14-19(15-28-30-26(32)20-7-9-21(27)10-8-20)6-12-23(24)34-16-25(31)29-22-11-5-17(2)13-18(22)3/h5-15H,4,16H2,1-3H3,(H,29,31)(H,30,32)/b28-15+. The fourth-order valence-corrected chi connectivity index (χ4v) is 3.23. The zero-order chi connectivity index (χ0) is 24.5. The highest BCUT2D eigenvalue weighted by Crippen LogP contribution is 2.28. The summed E-state index contributed by atoms with van der Waals surface area (Å²) in [5, 5.41) is 7.39. The Bertz CT molecular complexity index is 1190. The van der Waals surface area contributed by atoms with E-state index in [1.165, 1.54) is 6.21 Å². The molecular formula is C26H26ClN3O4. The molecule has 0 aromatic heterocycles. The molecule has 7 nitrogen and oxygen atoms in total. The van der Waals surface area contributed by atoms with Crippen LogP contribution < -0.4 is 20.2 Å². The molecule has 2 N–H and O–H groups in total. The number of benzene rings is 3. The van der Waals surface area contributed by atoms with Gasteiger partial charge in [0, 0.05) is 16.3 Å². The third-order valence-electron chi connectivity index (χ3n) is 4.77. The highest BCUT2D eigenvalue weighted by atomic mass is 35.5. The number of carbonyl (C=O) groups excluding carboxylic acids is 2. The van der Waals surface area contributed by atoms with Crippen molar-refractivity contribution < 1.29 is 19.1 Å². The van der Waals surface area contributed by atoms with E-state index in [1.807, 2.05) is 39.0 Å². The lowest BCUT2D eigenvalue weighted by Crippen LogP contribution is -2.21. The molecule has 0 aliphatic rings. The number of aryl methyl sites for hydroxylation is 2. The maximum atomic E-state index is 12.4. The van der Waals surface area contributed by atoms with E-state index in [2.05, 4.69) is 15.8 Å². The number of hydrogen-bond acceptors (Lipinski definition) is 5. The number of hydrazone groups is 1. The molecule has 0 saturated carbocycles. The van der Waals surface area contributed by atoms with Gasteiger partial charge in [0.2, 0.25) is 0 Å². The van der Waals surface area contributed by atoms with Crippen LogP contribution in [0.3, 0.4) is 0 Å². The highest BCUT2D eigenvalue weighted by Gasteiger charge is 2.10. The van der Waals surface area contributed by atoms with Crippen LogP contribution in [0.5, 0.6) is 11.5 Å². The molecule has 0 heterocycles. The first kappa shape index (κ1) is 24.8. The van der Waals surface area contributed by atoms with Gasteiger partial charge in [-0.1, -0.05) is 29.3 Å². The van der Waals surface area contributed by atoms with Crippen molar-refractivity contribution in [1.82, 2.24) is 5.43 Å². The van der Waals surface area contributed by atoms with Crippen molar-refractivity contribution in [1.29, 1.82) is 0 Å². The van der Waals surface area contributed by atoms with Gasteiger partial charge in [0.05, 0.1) is 12.8 Å². The summed E-state index contributed by atoms with van der Waals surface area (Å²) < 4.78 is 11.3. The number of nitrogens with one attached hydrogen (secondary N) is 2. The minimum atomic E-state index is -0.354. The molecule has 3 rings (SSSR count). The maximum absolute atomic E-state index is 12.4. The van der Waals surface area contributed by atoms with Crippen LogP contribution in [-0.4, -0.2) is 31.2 Å². The number of hydrogen-bond donors (Lipinski definition) is 2. The summed E-state index contributed by atoms with van der Waals surface area (Å²) in [6, 6.07) is 17.5. The second kappa shape index (κ2) is 11.9. The summed E-state index contributed by atoms with van der Waals surface area (Å²) in [5.74, 6) is 0.271. The van der Waals surface area contributed by atoms with E-state index in [1.54, 1.807) is 42.5 Å². The molecule has 0 unspecified atom stereocenters.